The van der Waals surface area contributed by atoms with Crippen LogP contribution in [0.2, 0.25) is 0 Å². The Morgan fingerprint density at radius 3 is 2.75 bits per heavy atom. The number of hydrogen-bond donors (Lipinski definition) is 1. The third-order valence-electron chi connectivity index (χ3n) is 4.48. The van der Waals surface area contributed by atoms with E-state index in [1.54, 1.807) is 16.7 Å². The third-order valence-corrected chi connectivity index (χ3v) is 5.53. The van der Waals surface area contributed by atoms with Gasteiger partial charge in [-0.1, -0.05) is 24.3 Å². The molecular formula is C22H26N2O3S. The van der Waals surface area contributed by atoms with Gasteiger partial charge in [0.2, 0.25) is 11.8 Å². The van der Waals surface area contributed by atoms with E-state index in [1.807, 2.05) is 69.3 Å². The largest absolute Gasteiger partial charge is 0.491 e. The predicted octanol–water partition coefficient (Wildman–Crippen LogP) is 4.18. The van der Waals surface area contributed by atoms with Crippen molar-refractivity contribution in [2.24, 2.45) is 0 Å². The summed E-state index contributed by atoms with van der Waals surface area (Å²) in [6.45, 7) is 6.29. The Balaban J connectivity index is 1.58. The molecule has 0 aliphatic carbocycles. The molecule has 0 bridgehead atoms. The summed E-state index contributed by atoms with van der Waals surface area (Å²) in [6.07, 6.45) is 0.361. The molecule has 0 fully saturated rings. The molecule has 0 spiro atoms. The molecule has 0 saturated carbocycles. The molecule has 2 amide bonds. The van der Waals surface area contributed by atoms with Crippen LogP contribution in [-0.4, -0.2) is 30.2 Å². The minimum Gasteiger partial charge on any atom is -0.491 e. The lowest BCUT2D eigenvalue weighted by Gasteiger charge is -2.28. The van der Waals surface area contributed by atoms with Crippen molar-refractivity contribution in [2.45, 2.75) is 44.2 Å². The fourth-order valence-electron chi connectivity index (χ4n) is 3.14. The topological polar surface area (TPSA) is 58.6 Å². The van der Waals surface area contributed by atoms with Crippen molar-refractivity contribution in [3.8, 4) is 5.75 Å². The highest BCUT2D eigenvalue weighted by molar-refractivity contribution is 8.00. The number of anilines is 1. The van der Waals surface area contributed by atoms with Gasteiger partial charge < -0.3 is 15.0 Å². The highest BCUT2D eigenvalue weighted by atomic mass is 32.2. The van der Waals surface area contributed by atoms with E-state index in [4.69, 9.17) is 4.74 Å². The molecule has 2 aromatic rings. The summed E-state index contributed by atoms with van der Waals surface area (Å²) in [5, 5.41) is 3.02. The predicted molar refractivity (Wildman–Crippen MR) is 113 cm³/mol. The van der Waals surface area contributed by atoms with Crippen molar-refractivity contribution >= 4 is 29.3 Å². The Morgan fingerprint density at radius 2 is 1.96 bits per heavy atom. The number of ether oxygens (including phenoxy) is 1. The lowest BCUT2D eigenvalue weighted by molar-refractivity contribution is -0.121. The fraction of sp³-hybridized carbons (Fsp3) is 0.364. The van der Waals surface area contributed by atoms with Crippen LogP contribution in [0.5, 0.6) is 5.75 Å². The zero-order valence-corrected chi connectivity index (χ0v) is 17.3. The summed E-state index contributed by atoms with van der Waals surface area (Å²) in [5.41, 5.74) is 1.88. The Kier molecular flexibility index (Phi) is 6.62. The maximum absolute atomic E-state index is 12.5. The second kappa shape index (κ2) is 9.15. The average molecular weight is 399 g/mol. The smallest absolute Gasteiger partial charge is 0.237 e. The first kappa shape index (κ1) is 20.3. The second-order valence-corrected chi connectivity index (χ2v) is 8.10. The molecule has 0 saturated heterocycles. The minimum absolute atomic E-state index is 0.0445. The molecule has 1 aliphatic rings. The molecule has 5 nitrogen and oxygen atoms in total. The first-order valence-corrected chi connectivity index (χ1v) is 10.5. The molecule has 0 aromatic heterocycles. The van der Waals surface area contributed by atoms with Gasteiger partial charge in [-0.05, 0) is 50.6 Å². The van der Waals surface area contributed by atoms with Crippen molar-refractivity contribution in [2.75, 3.05) is 17.2 Å². The van der Waals surface area contributed by atoms with E-state index in [-0.39, 0.29) is 30.4 Å². The number of thioether (sulfide) groups is 1. The number of nitrogens with zero attached hydrogens (tertiary/aromatic N) is 1. The summed E-state index contributed by atoms with van der Waals surface area (Å²) >= 11 is 1.54. The van der Waals surface area contributed by atoms with Crippen molar-refractivity contribution in [3.05, 3.63) is 54.1 Å². The van der Waals surface area contributed by atoms with Crippen molar-refractivity contribution in [1.29, 1.82) is 0 Å². The van der Waals surface area contributed by atoms with E-state index in [1.165, 1.54) is 0 Å². The number of hydrogen-bond acceptors (Lipinski definition) is 4. The Bertz CT molecular complexity index is 853. The molecule has 148 valence electrons. The molecule has 1 heterocycles. The number of rotatable bonds is 7. The Hall–Kier alpha value is -2.47. The number of para-hydroxylation sites is 1. The van der Waals surface area contributed by atoms with Gasteiger partial charge in [0.15, 0.2) is 0 Å². The van der Waals surface area contributed by atoms with Crippen LogP contribution in [0, 0.1) is 0 Å². The lowest BCUT2D eigenvalue weighted by atomic mass is 10.1. The summed E-state index contributed by atoms with van der Waals surface area (Å²) < 4.78 is 5.72. The van der Waals surface area contributed by atoms with Gasteiger partial charge >= 0.3 is 0 Å². The normalized spacial score (nSPS) is 14.6. The molecule has 1 unspecified atom stereocenters. The maximum atomic E-state index is 12.5. The van der Waals surface area contributed by atoms with Gasteiger partial charge in [-0.25, -0.2) is 0 Å². The molecule has 1 atom stereocenters. The second-order valence-electron chi connectivity index (χ2n) is 7.08. The third kappa shape index (κ3) is 5.07. The summed E-state index contributed by atoms with van der Waals surface area (Å²) in [6, 6.07) is 15.4. The van der Waals surface area contributed by atoms with Gasteiger partial charge in [-0.2, -0.15) is 0 Å². The van der Waals surface area contributed by atoms with Crippen LogP contribution in [0.25, 0.3) is 0 Å². The van der Waals surface area contributed by atoms with Crippen LogP contribution >= 0.6 is 11.8 Å². The maximum Gasteiger partial charge on any atom is 0.237 e. The number of carbonyl (C=O) groups excluding carboxylic acids is 2. The van der Waals surface area contributed by atoms with Crippen LogP contribution in [-0.2, 0) is 9.59 Å². The Labute approximate surface area is 170 Å². The fourth-order valence-corrected chi connectivity index (χ4v) is 4.07. The zero-order chi connectivity index (χ0) is 20.1. The SMILES string of the molecule is CC(C)Oc1cccc(C(C)NC(=O)CCN2C(=O)CSc3ccccc32)c1. The molecule has 28 heavy (non-hydrogen) atoms. The molecule has 3 rings (SSSR count). The van der Waals surface area contributed by atoms with Crippen molar-refractivity contribution in [1.82, 2.24) is 5.32 Å². The van der Waals surface area contributed by atoms with Gasteiger partial charge in [0.25, 0.3) is 0 Å². The number of amides is 2. The van der Waals surface area contributed by atoms with E-state index in [9.17, 15) is 9.59 Å². The van der Waals surface area contributed by atoms with E-state index in [0.717, 1.165) is 21.9 Å². The molecule has 6 heteroatoms. The highest BCUT2D eigenvalue weighted by Gasteiger charge is 2.24. The van der Waals surface area contributed by atoms with E-state index in [0.29, 0.717) is 12.3 Å². The van der Waals surface area contributed by atoms with Gasteiger partial charge in [-0.3, -0.25) is 9.59 Å². The highest BCUT2D eigenvalue weighted by Crippen LogP contribution is 2.34. The number of carbonyl (C=O) groups is 2. The van der Waals surface area contributed by atoms with Crippen molar-refractivity contribution in [3.63, 3.8) is 0 Å². The van der Waals surface area contributed by atoms with Gasteiger partial charge in [-0.15, -0.1) is 11.8 Å². The Morgan fingerprint density at radius 1 is 1.18 bits per heavy atom. The van der Waals surface area contributed by atoms with E-state index >= 15 is 0 Å². The molecule has 0 radical (unpaired) electrons. The van der Waals surface area contributed by atoms with Crippen LogP contribution < -0.4 is 15.0 Å². The summed E-state index contributed by atoms with van der Waals surface area (Å²) in [5.74, 6) is 1.17. The monoisotopic (exact) mass is 398 g/mol. The molecular weight excluding hydrogens is 372 g/mol. The lowest BCUT2D eigenvalue weighted by Crippen LogP contribution is -2.38. The van der Waals surface area contributed by atoms with Crippen LogP contribution in [0.3, 0.4) is 0 Å². The van der Waals surface area contributed by atoms with E-state index in [2.05, 4.69) is 5.32 Å². The number of fused-ring (bicyclic) bond motifs is 1. The average Bonchev–Trinajstić information content (AvgIpc) is 2.67. The molecule has 1 aliphatic heterocycles. The van der Waals surface area contributed by atoms with Gasteiger partial charge in [0, 0.05) is 17.9 Å². The van der Waals surface area contributed by atoms with Gasteiger partial charge in [0.1, 0.15) is 5.75 Å². The molecule has 1 N–H and O–H groups in total. The van der Waals surface area contributed by atoms with Gasteiger partial charge in [0.05, 0.1) is 23.6 Å². The van der Waals surface area contributed by atoms with E-state index < -0.39 is 0 Å². The first-order chi connectivity index (χ1) is 13.4. The minimum atomic E-state index is -0.136. The summed E-state index contributed by atoms with van der Waals surface area (Å²) in [7, 11) is 0. The standard InChI is InChI=1S/C22H26N2O3S/c1-15(2)27-18-8-6-7-17(13-18)16(3)23-21(25)11-12-24-19-9-4-5-10-20(19)28-14-22(24)26/h4-10,13,15-16H,11-12,14H2,1-3H3,(H,23,25). The van der Waals surface area contributed by atoms with Crippen LogP contribution in [0.1, 0.15) is 38.8 Å². The number of nitrogens with one attached hydrogen (secondary N) is 1. The quantitative estimate of drug-likeness (QED) is 0.760. The van der Waals surface area contributed by atoms with Crippen LogP contribution in [0.4, 0.5) is 5.69 Å². The molecule has 2 aromatic carbocycles. The van der Waals surface area contributed by atoms with Crippen molar-refractivity contribution < 1.29 is 14.3 Å². The number of benzene rings is 2. The van der Waals surface area contributed by atoms with Crippen LogP contribution in [0.15, 0.2) is 53.4 Å². The first-order valence-electron chi connectivity index (χ1n) is 9.52. The zero-order valence-electron chi connectivity index (χ0n) is 16.5. The summed E-state index contributed by atoms with van der Waals surface area (Å²) in [4.78, 5) is 27.6.